The van der Waals surface area contributed by atoms with Gasteiger partial charge in [-0.15, -0.1) is 5.10 Å². The number of aromatic nitrogens is 3. The molecule has 1 fully saturated rings. The molecule has 0 radical (unpaired) electrons. The fourth-order valence-electron chi connectivity index (χ4n) is 3.20. The SMILES string of the molecule is CNCC1CCC(C)(C)CC1c1c(Br)nnn1C. The van der Waals surface area contributed by atoms with Crippen molar-refractivity contribution < 1.29 is 0 Å². The molecular weight excluding hydrogens is 292 g/mol. The van der Waals surface area contributed by atoms with E-state index in [1.54, 1.807) is 0 Å². The molecule has 1 heterocycles. The van der Waals surface area contributed by atoms with Crippen LogP contribution in [0.3, 0.4) is 0 Å². The van der Waals surface area contributed by atoms with Crippen LogP contribution in [0.5, 0.6) is 0 Å². The van der Waals surface area contributed by atoms with E-state index >= 15 is 0 Å². The fraction of sp³-hybridized carbons (Fsp3) is 0.846. The molecule has 1 aromatic rings. The van der Waals surface area contributed by atoms with Crippen LogP contribution >= 0.6 is 15.9 Å². The minimum absolute atomic E-state index is 0.415. The topological polar surface area (TPSA) is 42.7 Å². The molecule has 2 rings (SSSR count). The molecule has 2 atom stereocenters. The second-order valence-corrected chi connectivity index (χ2v) is 6.97. The Labute approximate surface area is 118 Å². The van der Waals surface area contributed by atoms with Gasteiger partial charge < -0.3 is 5.32 Å². The molecule has 0 amide bonds. The molecule has 5 heteroatoms. The van der Waals surface area contributed by atoms with Gasteiger partial charge in [0.25, 0.3) is 0 Å². The summed E-state index contributed by atoms with van der Waals surface area (Å²) in [6.07, 6.45) is 3.79. The number of hydrogen-bond acceptors (Lipinski definition) is 3. The Balaban J connectivity index is 2.30. The van der Waals surface area contributed by atoms with E-state index in [0.29, 0.717) is 17.3 Å². The van der Waals surface area contributed by atoms with Crippen molar-refractivity contribution in [3.05, 3.63) is 10.3 Å². The third kappa shape index (κ3) is 2.77. The van der Waals surface area contributed by atoms with Gasteiger partial charge >= 0.3 is 0 Å². The highest BCUT2D eigenvalue weighted by Crippen LogP contribution is 2.47. The first-order valence-corrected chi connectivity index (χ1v) is 7.43. The summed E-state index contributed by atoms with van der Waals surface area (Å²) in [6, 6.07) is 0. The molecular formula is C13H23BrN4. The molecule has 1 N–H and O–H groups in total. The van der Waals surface area contributed by atoms with Crippen molar-refractivity contribution in [2.45, 2.75) is 39.0 Å². The van der Waals surface area contributed by atoms with Gasteiger partial charge in [0.05, 0.1) is 5.69 Å². The predicted octanol–water partition coefficient (Wildman–Crippen LogP) is 2.71. The van der Waals surface area contributed by atoms with Crippen LogP contribution < -0.4 is 5.32 Å². The van der Waals surface area contributed by atoms with E-state index in [9.17, 15) is 0 Å². The van der Waals surface area contributed by atoms with Crippen LogP contribution in [0.1, 0.15) is 44.7 Å². The molecule has 1 aliphatic rings. The van der Waals surface area contributed by atoms with E-state index < -0.39 is 0 Å². The van der Waals surface area contributed by atoms with Crippen LogP contribution in [-0.2, 0) is 7.05 Å². The number of aryl methyl sites for hydroxylation is 1. The van der Waals surface area contributed by atoms with Gasteiger partial charge in [-0.2, -0.15) is 0 Å². The lowest BCUT2D eigenvalue weighted by Crippen LogP contribution is -2.34. The molecule has 18 heavy (non-hydrogen) atoms. The molecule has 2 unspecified atom stereocenters. The zero-order valence-corrected chi connectivity index (χ0v) is 13.3. The van der Waals surface area contributed by atoms with Crippen molar-refractivity contribution in [1.29, 1.82) is 0 Å². The third-order valence-corrected chi connectivity index (χ3v) is 4.74. The van der Waals surface area contributed by atoms with Gasteiger partial charge in [0.1, 0.15) is 0 Å². The Morgan fingerprint density at radius 1 is 1.50 bits per heavy atom. The third-order valence-electron chi connectivity index (χ3n) is 4.18. The number of nitrogens with one attached hydrogen (secondary N) is 1. The van der Waals surface area contributed by atoms with Gasteiger partial charge in [-0.25, -0.2) is 0 Å². The number of rotatable bonds is 3. The highest BCUT2D eigenvalue weighted by Gasteiger charge is 2.38. The van der Waals surface area contributed by atoms with Crippen molar-refractivity contribution in [2.24, 2.45) is 18.4 Å². The summed E-state index contributed by atoms with van der Waals surface area (Å²) in [5, 5.41) is 11.6. The van der Waals surface area contributed by atoms with Crippen LogP contribution in [0.15, 0.2) is 4.60 Å². The summed E-state index contributed by atoms with van der Waals surface area (Å²) in [7, 11) is 4.03. The highest BCUT2D eigenvalue weighted by molar-refractivity contribution is 9.10. The normalized spacial score (nSPS) is 27.4. The van der Waals surface area contributed by atoms with Gasteiger partial charge in [0.2, 0.25) is 0 Å². The van der Waals surface area contributed by atoms with E-state index in [1.807, 2.05) is 18.8 Å². The maximum Gasteiger partial charge on any atom is 0.151 e. The van der Waals surface area contributed by atoms with E-state index in [2.05, 4.69) is 45.4 Å². The molecule has 0 aromatic carbocycles. The fourth-order valence-corrected chi connectivity index (χ4v) is 3.82. The maximum atomic E-state index is 4.14. The molecule has 0 aliphatic heterocycles. The molecule has 1 aromatic heterocycles. The van der Waals surface area contributed by atoms with Crippen LogP contribution in [0.4, 0.5) is 0 Å². The summed E-state index contributed by atoms with van der Waals surface area (Å²) >= 11 is 3.55. The quantitative estimate of drug-likeness (QED) is 0.932. The highest BCUT2D eigenvalue weighted by atomic mass is 79.9. The lowest BCUT2D eigenvalue weighted by atomic mass is 9.66. The Morgan fingerprint density at radius 2 is 2.22 bits per heavy atom. The molecule has 1 aliphatic carbocycles. The average Bonchev–Trinajstić information content (AvgIpc) is 2.61. The van der Waals surface area contributed by atoms with Crippen molar-refractivity contribution >= 4 is 15.9 Å². The molecule has 0 bridgehead atoms. The van der Waals surface area contributed by atoms with Crippen LogP contribution in [0.2, 0.25) is 0 Å². The van der Waals surface area contributed by atoms with Gasteiger partial charge in [0, 0.05) is 13.0 Å². The van der Waals surface area contributed by atoms with Crippen LogP contribution in [0, 0.1) is 11.3 Å². The summed E-state index contributed by atoms with van der Waals surface area (Å²) in [4.78, 5) is 0. The minimum atomic E-state index is 0.415. The smallest absolute Gasteiger partial charge is 0.151 e. The first-order valence-electron chi connectivity index (χ1n) is 6.64. The number of hydrogen-bond donors (Lipinski definition) is 1. The second kappa shape index (κ2) is 5.29. The van der Waals surface area contributed by atoms with Crippen molar-refractivity contribution in [2.75, 3.05) is 13.6 Å². The van der Waals surface area contributed by atoms with Crippen LogP contribution in [0.25, 0.3) is 0 Å². The predicted molar refractivity (Wildman–Crippen MR) is 76.5 cm³/mol. The van der Waals surface area contributed by atoms with Gasteiger partial charge in [-0.1, -0.05) is 19.1 Å². The average molecular weight is 315 g/mol. The van der Waals surface area contributed by atoms with Gasteiger partial charge in [0.15, 0.2) is 4.60 Å². The number of halogens is 1. The number of nitrogens with zero attached hydrogens (tertiary/aromatic N) is 3. The summed E-state index contributed by atoms with van der Waals surface area (Å²) in [5.41, 5.74) is 1.67. The van der Waals surface area contributed by atoms with Crippen molar-refractivity contribution in [3.8, 4) is 0 Å². The van der Waals surface area contributed by atoms with E-state index in [1.165, 1.54) is 25.0 Å². The lowest BCUT2D eigenvalue weighted by molar-refractivity contribution is 0.156. The lowest BCUT2D eigenvalue weighted by Gasteiger charge is -2.40. The largest absolute Gasteiger partial charge is 0.319 e. The molecule has 0 saturated heterocycles. The van der Waals surface area contributed by atoms with E-state index in [-0.39, 0.29) is 0 Å². The zero-order chi connectivity index (χ0) is 13.3. The zero-order valence-electron chi connectivity index (χ0n) is 11.7. The Kier molecular flexibility index (Phi) is 4.11. The minimum Gasteiger partial charge on any atom is -0.319 e. The van der Waals surface area contributed by atoms with Crippen molar-refractivity contribution in [3.63, 3.8) is 0 Å². The summed E-state index contributed by atoms with van der Waals surface area (Å²) in [5.74, 6) is 1.21. The Morgan fingerprint density at radius 3 is 2.78 bits per heavy atom. The maximum absolute atomic E-state index is 4.14. The van der Waals surface area contributed by atoms with Crippen LogP contribution in [-0.4, -0.2) is 28.6 Å². The molecule has 0 spiro atoms. The first kappa shape index (κ1) is 14.0. The van der Waals surface area contributed by atoms with Crippen molar-refractivity contribution in [1.82, 2.24) is 20.3 Å². The molecule has 102 valence electrons. The second-order valence-electron chi connectivity index (χ2n) is 6.22. The first-order chi connectivity index (χ1) is 8.44. The Bertz CT molecular complexity index is 394. The summed E-state index contributed by atoms with van der Waals surface area (Å²) in [6.45, 7) is 5.80. The molecule has 1 saturated carbocycles. The van der Waals surface area contributed by atoms with E-state index in [0.717, 1.165) is 11.1 Å². The van der Waals surface area contributed by atoms with Gasteiger partial charge in [-0.05, 0) is 60.1 Å². The Hall–Kier alpha value is -0.420. The summed E-state index contributed by atoms with van der Waals surface area (Å²) < 4.78 is 2.84. The standard InChI is InChI=1S/C13H23BrN4/c1-13(2)6-5-9(8-15-3)10(7-13)11-12(14)16-17-18(11)4/h9-10,15H,5-8H2,1-4H3. The van der Waals surface area contributed by atoms with E-state index in [4.69, 9.17) is 0 Å². The monoisotopic (exact) mass is 314 g/mol. The molecule has 4 nitrogen and oxygen atoms in total. The van der Waals surface area contributed by atoms with Gasteiger partial charge in [-0.3, -0.25) is 4.68 Å².